The number of methoxy groups -OCH3 is 1. The van der Waals surface area contributed by atoms with Crippen LogP contribution in [0.25, 0.3) is 17.4 Å². The number of imide groups is 1. The Morgan fingerprint density at radius 3 is 2.46 bits per heavy atom. The van der Waals surface area contributed by atoms with Crippen molar-refractivity contribution >= 4 is 29.0 Å². The van der Waals surface area contributed by atoms with Crippen molar-refractivity contribution < 1.29 is 18.7 Å². The second kappa shape index (κ2) is 7.78. The van der Waals surface area contributed by atoms with Crippen molar-refractivity contribution in [2.45, 2.75) is 6.54 Å². The van der Waals surface area contributed by atoms with Crippen molar-refractivity contribution in [2.75, 3.05) is 7.11 Å². The predicted molar refractivity (Wildman–Crippen MR) is 109 cm³/mol. The van der Waals surface area contributed by atoms with Crippen LogP contribution in [-0.2, 0) is 11.3 Å². The van der Waals surface area contributed by atoms with Gasteiger partial charge in [0, 0.05) is 11.6 Å². The maximum atomic E-state index is 12.7. The van der Waals surface area contributed by atoms with E-state index >= 15 is 0 Å². The van der Waals surface area contributed by atoms with Crippen LogP contribution in [0.1, 0.15) is 11.3 Å². The van der Waals surface area contributed by atoms with Crippen LogP contribution < -0.4 is 4.74 Å². The number of carbonyl (C=O) groups is 2. The van der Waals surface area contributed by atoms with Crippen molar-refractivity contribution in [1.82, 2.24) is 4.90 Å². The Bertz CT molecular complexity index is 1040. The number of furan rings is 1. The van der Waals surface area contributed by atoms with Gasteiger partial charge in [-0.1, -0.05) is 42.5 Å². The molecule has 0 aliphatic carbocycles. The van der Waals surface area contributed by atoms with Gasteiger partial charge in [0.1, 0.15) is 17.3 Å². The van der Waals surface area contributed by atoms with Gasteiger partial charge in [-0.3, -0.25) is 14.5 Å². The molecular formula is C22H17NO4S. The van der Waals surface area contributed by atoms with E-state index in [1.54, 1.807) is 31.4 Å². The number of rotatable bonds is 5. The molecular weight excluding hydrogens is 374 g/mol. The molecule has 1 saturated heterocycles. The molecule has 2 amide bonds. The Kier molecular flexibility index (Phi) is 5.04. The van der Waals surface area contributed by atoms with Gasteiger partial charge in [-0.15, -0.1) is 0 Å². The zero-order valence-corrected chi connectivity index (χ0v) is 15.9. The number of ether oxygens (including phenoxy) is 1. The van der Waals surface area contributed by atoms with E-state index in [1.165, 1.54) is 4.90 Å². The summed E-state index contributed by atoms with van der Waals surface area (Å²) in [7, 11) is 1.59. The molecule has 0 N–H and O–H groups in total. The molecule has 1 aliphatic rings. The molecule has 0 radical (unpaired) electrons. The lowest BCUT2D eigenvalue weighted by atomic mass is 10.2. The van der Waals surface area contributed by atoms with Gasteiger partial charge < -0.3 is 9.15 Å². The Balaban J connectivity index is 1.51. The molecule has 1 fully saturated rings. The minimum absolute atomic E-state index is 0.222. The summed E-state index contributed by atoms with van der Waals surface area (Å²) in [6, 6.07) is 20.6. The standard InChI is InChI=1S/C22H17NO4S/c1-26-17-9-7-15(8-10-17)14-23-21(24)20(28-22(23)25)13-18-11-12-19(27-18)16-5-3-2-4-6-16/h2-13H,14H2,1H3/b20-13-. The quantitative estimate of drug-likeness (QED) is 0.560. The van der Waals surface area contributed by atoms with E-state index in [-0.39, 0.29) is 17.7 Å². The third kappa shape index (κ3) is 3.73. The average Bonchev–Trinajstić information content (AvgIpc) is 3.30. The van der Waals surface area contributed by atoms with Crippen molar-refractivity contribution in [3.63, 3.8) is 0 Å². The first-order chi connectivity index (χ1) is 13.6. The van der Waals surface area contributed by atoms with E-state index in [1.807, 2.05) is 48.5 Å². The normalized spacial score (nSPS) is 15.5. The summed E-state index contributed by atoms with van der Waals surface area (Å²) < 4.78 is 10.9. The molecule has 0 unspecified atom stereocenters. The highest BCUT2D eigenvalue weighted by atomic mass is 32.2. The molecule has 5 nitrogen and oxygen atoms in total. The number of hydrogen-bond donors (Lipinski definition) is 0. The van der Waals surface area contributed by atoms with E-state index in [9.17, 15) is 9.59 Å². The topological polar surface area (TPSA) is 59.8 Å². The Labute approximate surface area is 166 Å². The van der Waals surface area contributed by atoms with Crippen LogP contribution in [0, 0.1) is 0 Å². The van der Waals surface area contributed by atoms with Gasteiger partial charge >= 0.3 is 0 Å². The third-order valence-electron chi connectivity index (χ3n) is 4.33. The van der Waals surface area contributed by atoms with Crippen molar-refractivity contribution in [3.05, 3.63) is 83.0 Å². The molecule has 0 saturated carbocycles. The van der Waals surface area contributed by atoms with Gasteiger partial charge in [0.15, 0.2) is 0 Å². The Hall–Kier alpha value is -3.25. The third-order valence-corrected chi connectivity index (χ3v) is 5.24. The van der Waals surface area contributed by atoms with Crippen LogP contribution >= 0.6 is 11.8 Å². The lowest BCUT2D eigenvalue weighted by Crippen LogP contribution is -2.27. The lowest BCUT2D eigenvalue weighted by Gasteiger charge is -2.12. The summed E-state index contributed by atoms with van der Waals surface area (Å²) in [6.45, 7) is 0.222. The van der Waals surface area contributed by atoms with Crippen LogP contribution in [0.3, 0.4) is 0 Å². The zero-order valence-electron chi connectivity index (χ0n) is 15.1. The molecule has 6 heteroatoms. The van der Waals surface area contributed by atoms with Crippen LogP contribution in [0.15, 0.2) is 76.1 Å². The van der Waals surface area contributed by atoms with Gasteiger partial charge in [-0.25, -0.2) is 0 Å². The summed E-state index contributed by atoms with van der Waals surface area (Å²) >= 11 is 0.922. The molecule has 1 aromatic heterocycles. The minimum Gasteiger partial charge on any atom is -0.497 e. The van der Waals surface area contributed by atoms with E-state index < -0.39 is 0 Å². The molecule has 0 bridgehead atoms. The molecule has 3 aromatic rings. The maximum Gasteiger partial charge on any atom is 0.293 e. The fourth-order valence-corrected chi connectivity index (χ4v) is 3.69. The van der Waals surface area contributed by atoms with Gasteiger partial charge in [0.05, 0.1) is 18.6 Å². The highest BCUT2D eigenvalue weighted by Crippen LogP contribution is 2.34. The first kappa shape index (κ1) is 18.1. The SMILES string of the molecule is COc1ccc(CN2C(=O)S/C(=C\c3ccc(-c4ccccc4)o3)C2=O)cc1. The number of amides is 2. The molecule has 140 valence electrons. The number of nitrogens with zero attached hydrogens (tertiary/aromatic N) is 1. The molecule has 4 rings (SSSR count). The highest BCUT2D eigenvalue weighted by Gasteiger charge is 2.35. The molecule has 2 aromatic carbocycles. The molecule has 0 atom stereocenters. The Morgan fingerprint density at radius 1 is 1.00 bits per heavy atom. The van der Waals surface area contributed by atoms with Crippen LogP contribution in [0.5, 0.6) is 5.75 Å². The van der Waals surface area contributed by atoms with E-state index in [0.29, 0.717) is 16.4 Å². The Morgan fingerprint density at radius 2 is 1.75 bits per heavy atom. The molecule has 28 heavy (non-hydrogen) atoms. The van der Waals surface area contributed by atoms with Gasteiger partial charge in [0.25, 0.3) is 11.1 Å². The van der Waals surface area contributed by atoms with Gasteiger partial charge in [-0.2, -0.15) is 0 Å². The fourth-order valence-electron chi connectivity index (χ4n) is 2.87. The second-order valence-electron chi connectivity index (χ2n) is 6.18. The maximum absolute atomic E-state index is 12.7. The van der Waals surface area contributed by atoms with Gasteiger partial charge in [-0.05, 0) is 41.6 Å². The highest BCUT2D eigenvalue weighted by molar-refractivity contribution is 8.18. The van der Waals surface area contributed by atoms with Crippen molar-refractivity contribution in [2.24, 2.45) is 0 Å². The summed E-state index contributed by atoms with van der Waals surface area (Å²) in [4.78, 5) is 26.6. The summed E-state index contributed by atoms with van der Waals surface area (Å²) in [5.74, 6) is 1.66. The molecule has 0 spiro atoms. The number of thioether (sulfide) groups is 1. The first-order valence-electron chi connectivity index (χ1n) is 8.67. The number of hydrogen-bond acceptors (Lipinski definition) is 5. The van der Waals surface area contributed by atoms with Crippen molar-refractivity contribution in [1.29, 1.82) is 0 Å². The average molecular weight is 391 g/mol. The second-order valence-corrected chi connectivity index (χ2v) is 7.18. The predicted octanol–water partition coefficient (Wildman–Crippen LogP) is 5.19. The van der Waals surface area contributed by atoms with Crippen LogP contribution in [0.2, 0.25) is 0 Å². The molecule has 1 aliphatic heterocycles. The zero-order chi connectivity index (χ0) is 19.5. The van der Waals surface area contributed by atoms with E-state index in [4.69, 9.17) is 9.15 Å². The summed E-state index contributed by atoms with van der Waals surface area (Å²) in [6.07, 6.45) is 1.62. The monoisotopic (exact) mass is 391 g/mol. The van der Waals surface area contributed by atoms with E-state index in [2.05, 4.69) is 0 Å². The lowest BCUT2D eigenvalue weighted by molar-refractivity contribution is -0.123. The summed E-state index contributed by atoms with van der Waals surface area (Å²) in [5, 5.41) is -0.290. The van der Waals surface area contributed by atoms with Crippen LogP contribution in [0.4, 0.5) is 4.79 Å². The molecule has 2 heterocycles. The van der Waals surface area contributed by atoms with Gasteiger partial charge in [0.2, 0.25) is 0 Å². The first-order valence-corrected chi connectivity index (χ1v) is 9.49. The smallest absolute Gasteiger partial charge is 0.293 e. The number of benzene rings is 2. The minimum atomic E-state index is -0.316. The largest absolute Gasteiger partial charge is 0.497 e. The van der Waals surface area contributed by atoms with E-state index in [0.717, 1.165) is 28.6 Å². The van der Waals surface area contributed by atoms with Crippen LogP contribution in [-0.4, -0.2) is 23.2 Å². The fraction of sp³-hybridized carbons (Fsp3) is 0.0909. The summed E-state index contributed by atoms with van der Waals surface area (Å²) in [5.41, 5.74) is 1.81. The number of carbonyl (C=O) groups excluding carboxylic acids is 2. The van der Waals surface area contributed by atoms with Crippen molar-refractivity contribution in [3.8, 4) is 17.1 Å².